The van der Waals surface area contributed by atoms with Gasteiger partial charge in [-0.25, -0.2) is 4.98 Å². The molecule has 1 saturated heterocycles. The van der Waals surface area contributed by atoms with Crippen LogP contribution in [0, 0.1) is 0 Å². The zero-order valence-electron chi connectivity index (χ0n) is 12.2. The SMILES string of the molecule is c1ccc2nc(NCCCOC3CCNCC3)cnc2c1. The molecule has 21 heavy (non-hydrogen) atoms. The molecule has 1 aromatic heterocycles. The van der Waals surface area contributed by atoms with Crippen LogP contribution in [0.5, 0.6) is 0 Å². The van der Waals surface area contributed by atoms with E-state index in [1.165, 1.54) is 0 Å². The van der Waals surface area contributed by atoms with E-state index in [4.69, 9.17) is 4.74 Å². The van der Waals surface area contributed by atoms with E-state index < -0.39 is 0 Å². The first-order chi connectivity index (χ1) is 10.4. The molecule has 2 aromatic rings. The lowest BCUT2D eigenvalue weighted by Gasteiger charge is -2.22. The highest BCUT2D eigenvalue weighted by Gasteiger charge is 2.12. The van der Waals surface area contributed by atoms with Crippen molar-refractivity contribution in [3.8, 4) is 0 Å². The lowest BCUT2D eigenvalue weighted by Crippen LogP contribution is -2.32. The number of ether oxygens (including phenoxy) is 1. The van der Waals surface area contributed by atoms with Gasteiger partial charge in [0, 0.05) is 13.2 Å². The molecule has 1 aliphatic heterocycles. The zero-order valence-corrected chi connectivity index (χ0v) is 12.2. The lowest BCUT2D eigenvalue weighted by atomic mass is 10.1. The maximum Gasteiger partial charge on any atom is 0.145 e. The quantitative estimate of drug-likeness (QED) is 0.797. The summed E-state index contributed by atoms with van der Waals surface area (Å²) < 4.78 is 5.88. The van der Waals surface area contributed by atoms with Gasteiger partial charge in [0.2, 0.25) is 0 Å². The first kappa shape index (κ1) is 14.2. The van der Waals surface area contributed by atoms with Crippen LogP contribution in [0.2, 0.25) is 0 Å². The fraction of sp³-hybridized carbons (Fsp3) is 0.500. The summed E-state index contributed by atoms with van der Waals surface area (Å²) in [6.45, 7) is 3.82. The number of hydrogen-bond donors (Lipinski definition) is 2. The Morgan fingerprint density at radius 2 is 2.00 bits per heavy atom. The van der Waals surface area contributed by atoms with Gasteiger partial charge in [0.25, 0.3) is 0 Å². The van der Waals surface area contributed by atoms with Gasteiger partial charge < -0.3 is 15.4 Å². The van der Waals surface area contributed by atoms with Crippen molar-refractivity contribution in [1.29, 1.82) is 0 Å². The van der Waals surface area contributed by atoms with Gasteiger partial charge in [0.15, 0.2) is 0 Å². The number of piperidine rings is 1. The second-order valence-corrected chi connectivity index (χ2v) is 5.34. The van der Waals surface area contributed by atoms with Gasteiger partial charge in [-0.3, -0.25) is 4.98 Å². The van der Waals surface area contributed by atoms with E-state index in [0.717, 1.165) is 62.4 Å². The van der Waals surface area contributed by atoms with E-state index in [1.54, 1.807) is 6.20 Å². The topological polar surface area (TPSA) is 59.1 Å². The van der Waals surface area contributed by atoms with E-state index in [-0.39, 0.29) is 0 Å². The minimum atomic E-state index is 0.437. The van der Waals surface area contributed by atoms with Crippen LogP contribution in [0.1, 0.15) is 19.3 Å². The third kappa shape index (κ3) is 4.12. The Morgan fingerprint density at radius 3 is 2.86 bits per heavy atom. The van der Waals surface area contributed by atoms with Crippen molar-refractivity contribution >= 4 is 16.9 Å². The number of anilines is 1. The molecule has 1 fully saturated rings. The van der Waals surface area contributed by atoms with Crippen LogP contribution >= 0.6 is 0 Å². The molecule has 0 bridgehead atoms. The highest BCUT2D eigenvalue weighted by atomic mass is 16.5. The summed E-state index contributed by atoms with van der Waals surface area (Å²) in [4.78, 5) is 8.93. The van der Waals surface area contributed by atoms with Gasteiger partial charge in [-0.1, -0.05) is 12.1 Å². The highest BCUT2D eigenvalue weighted by Crippen LogP contribution is 2.11. The number of aromatic nitrogens is 2. The Bertz CT molecular complexity index is 569. The average Bonchev–Trinajstić information content (AvgIpc) is 2.55. The predicted octanol–water partition coefficient (Wildman–Crippen LogP) is 2.20. The standard InChI is InChI=1S/C16H22N4O/c1-2-5-15-14(4-1)19-12-16(20-15)18-8-3-11-21-13-6-9-17-10-7-13/h1-2,4-5,12-13,17H,3,6-11H2,(H,18,20). The Labute approximate surface area is 125 Å². The molecular formula is C16H22N4O. The monoisotopic (exact) mass is 286 g/mol. The number of fused-ring (bicyclic) bond motifs is 1. The average molecular weight is 286 g/mol. The molecular weight excluding hydrogens is 264 g/mol. The third-order valence-corrected chi connectivity index (χ3v) is 3.72. The van der Waals surface area contributed by atoms with Gasteiger partial charge in [-0.05, 0) is 44.5 Å². The summed E-state index contributed by atoms with van der Waals surface area (Å²) in [5.74, 6) is 0.829. The summed E-state index contributed by atoms with van der Waals surface area (Å²) in [5, 5.41) is 6.65. The second-order valence-electron chi connectivity index (χ2n) is 5.34. The lowest BCUT2D eigenvalue weighted by molar-refractivity contribution is 0.0329. The minimum absolute atomic E-state index is 0.437. The fourth-order valence-corrected chi connectivity index (χ4v) is 2.54. The van der Waals surface area contributed by atoms with Crippen LogP contribution in [0.25, 0.3) is 11.0 Å². The van der Waals surface area contributed by atoms with E-state index in [1.807, 2.05) is 24.3 Å². The van der Waals surface area contributed by atoms with Crippen molar-refractivity contribution in [2.24, 2.45) is 0 Å². The maximum absolute atomic E-state index is 5.88. The second kappa shape index (κ2) is 7.33. The van der Waals surface area contributed by atoms with E-state index in [9.17, 15) is 0 Å². The molecule has 0 unspecified atom stereocenters. The summed E-state index contributed by atoms with van der Waals surface area (Å²) in [7, 11) is 0. The van der Waals surface area contributed by atoms with Crippen molar-refractivity contribution in [2.75, 3.05) is 31.6 Å². The Morgan fingerprint density at radius 1 is 1.19 bits per heavy atom. The molecule has 0 aliphatic carbocycles. The number of nitrogens with one attached hydrogen (secondary N) is 2. The van der Waals surface area contributed by atoms with E-state index in [0.29, 0.717) is 6.10 Å². The molecule has 1 aliphatic rings. The molecule has 1 aromatic carbocycles. The minimum Gasteiger partial charge on any atom is -0.378 e. The third-order valence-electron chi connectivity index (χ3n) is 3.72. The number of para-hydroxylation sites is 2. The molecule has 3 rings (SSSR count). The largest absolute Gasteiger partial charge is 0.378 e. The van der Waals surface area contributed by atoms with E-state index >= 15 is 0 Å². The molecule has 2 N–H and O–H groups in total. The number of nitrogens with zero attached hydrogens (tertiary/aromatic N) is 2. The molecule has 5 heteroatoms. The zero-order chi connectivity index (χ0) is 14.3. The van der Waals surface area contributed by atoms with Gasteiger partial charge >= 0.3 is 0 Å². The number of rotatable bonds is 6. The van der Waals surface area contributed by atoms with Crippen molar-refractivity contribution in [1.82, 2.24) is 15.3 Å². The van der Waals surface area contributed by atoms with Crippen molar-refractivity contribution in [2.45, 2.75) is 25.4 Å². The van der Waals surface area contributed by atoms with Crippen LogP contribution in [0.3, 0.4) is 0 Å². The first-order valence-electron chi connectivity index (χ1n) is 7.70. The number of benzene rings is 1. The van der Waals surface area contributed by atoms with Crippen molar-refractivity contribution < 1.29 is 4.74 Å². The molecule has 112 valence electrons. The molecule has 0 amide bonds. The van der Waals surface area contributed by atoms with Crippen LogP contribution in [-0.2, 0) is 4.74 Å². The number of hydrogen-bond acceptors (Lipinski definition) is 5. The smallest absolute Gasteiger partial charge is 0.145 e. The summed E-state index contributed by atoms with van der Waals surface area (Å²) in [6.07, 6.45) is 5.47. The Kier molecular flexibility index (Phi) is 4.97. The van der Waals surface area contributed by atoms with Gasteiger partial charge in [-0.15, -0.1) is 0 Å². The van der Waals surface area contributed by atoms with Crippen LogP contribution in [0.15, 0.2) is 30.5 Å². The summed E-state index contributed by atoms with van der Waals surface area (Å²) in [5.41, 5.74) is 1.85. The maximum atomic E-state index is 5.88. The normalized spacial score (nSPS) is 16.2. The predicted molar refractivity (Wildman–Crippen MR) is 84.5 cm³/mol. The molecule has 5 nitrogen and oxygen atoms in total. The highest BCUT2D eigenvalue weighted by molar-refractivity contribution is 5.75. The molecule has 2 heterocycles. The molecule has 0 saturated carbocycles. The summed E-state index contributed by atoms with van der Waals surface area (Å²) in [6, 6.07) is 7.91. The van der Waals surface area contributed by atoms with Crippen LogP contribution in [-0.4, -0.2) is 42.3 Å². The van der Waals surface area contributed by atoms with Gasteiger partial charge in [0.05, 0.1) is 23.3 Å². The van der Waals surface area contributed by atoms with Crippen molar-refractivity contribution in [3.05, 3.63) is 30.5 Å². The Balaban J connectivity index is 1.39. The van der Waals surface area contributed by atoms with Gasteiger partial charge in [0.1, 0.15) is 5.82 Å². The molecule has 0 atom stereocenters. The van der Waals surface area contributed by atoms with Gasteiger partial charge in [-0.2, -0.15) is 0 Å². The first-order valence-corrected chi connectivity index (χ1v) is 7.70. The summed E-state index contributed by atoms with van der Waals surface area (Å²) >= 11 is 0. The fourth-order valence-electron chi connectivity index (χ4n) is 2.54. The molecule has 0 radical (unpaired) electrons. The Hall–Kier alpha value is -1.72. The van der Waals surface area contributed by atoms with Crippen LogP contribution < -0.4 is 10.6 Å². The van der Waals surface area contributed by atoms with E-state index in [2.05, 4.69) is 20.6 Å². The molecule has 0 spiro atoms. The van der Waals surface area contributed by atoms with Crippen molar-refractivity contribution in [3.63, 3.8) is 0 Å². The van der Waals surface area contributed by atoms with Crippen LogP contribution in [0.4, 0.5) is 5.82 Å².